The molecule has 3 N–H and O–H groups in total. The van der Waals surface area contributed by atoms with E-state index in [0.717, 1.165) is 23.4 Å². The van der Waals surface area contributed by atoms with E-state index in [2.05, 4.69) is 19.2 Å². The van der Waals surface area contributed by atoms with Gasteiger partial charge in [0.05, 0.1) is 5.56 Å². The summed E-state index contributed by atoms with van der Waals surface area (Å²) >= 11 is 0. The molecule has 0 spiro atoms. The molecule has 0 aliphatic carbocycles. The maximum absolute atomic E-state index is 13.0. The van der Waals surface area contributed by atoms with Crippen LogP contribution in [0.25, 0.3) is 0 Å². The van der Waals surface area contributed by atoms with Gasteiger partial charge in [0.1, 0.15) is 23.9 Å². The Morgan fingerprint density at radius 1 is 1.07 bits per heavy atom. The second-order valence-electron chi connectivity index (χ2n) is 8.13. The van der Waals surface area contributed by atoms with Crippen LogP contribution in [0.1, 0.15) is 60.7 Å². The summed E-state index contributed by atoms with van der Waals surface area (Å²) in [6.45, 7) is 10.4. The van der Waals surface area contributed by atoms with Gasteiger partial charge >= 0.3 is 0 Å². The summed E-state index contributed by atoms with van der Waals surface area (Å²) in [5.74, 6) is 0.396. The van der Waals surface area contributed by atoms with E-state index in [0.29, 0.717) is 31.3 Å². The zero-order chi connectivity index (χ0) is 21.1. The smallest absolute Gasteiger partial charge is 0.258 e. The Morgan fingerprint density at radius 3 is 2.48 bits per heavy atom. The minimum atomic E-state index is -0.246. The van der Waals surface area contributed by atoms with Crippen molar-refractivity contribution in [2.45, 2.75) is 52.7 Å². The molecule has 1 heterocycles. The third kappa shape index (κ3) is 4.82. The fourth-order valence-electron chi connectivity index (χ4n) is 3.52. The maximum atomic E-state index is 13.0. The van der Waals surface area contributed by atoms with Gasteiger partial charge in [0.2, 0.25) is 0 Å². The number of amides is 1. The molecule has 2 aromatic rings. The van der Waals surface area contributed by atoms with Crippen molar-refractivity contribution in [3.63, 3.8) is 0 Å². The molecule has 1 amide bonds. The molecule has 0 aromatic heterocycles. The normalized spacial score (nSPS) is 13.2. The van der Waals surface area contributed by atoms with Gasteiger partial charge in [0, 0.05) is 31.7 Å². The molecule has 0 fully saturated rings. The van der Waals surface area contributed by atoms with Crippen molar-refractivity contribution in [1.29, 1.82) is 0 Å². The molecule has 3 rings (SSSR count). The van der Waals surface area contributed by atoms with Crippen LogP contribution < -0.4 is 10.1 Å². The van der Waals surface area contributed by atoms with Crippen molar-refractivity contribution < 1.29 is 19.7 Å². The number of hydrogen-bond donors (Lipinski definition) is 3. The van der Waals surface area contributed by atoms with Crippen LogP contribution in [0.2, 0.25) is 0 Å². The number of fused-ring (bicyclic) bond motifs is 1. The molecular weight excluding hydrogens is 368 g/mol. The molecule has 2 aromatic carbocycles. The number of ether oxygens (including phenoxy) is 1. The van der Waals surface area contributed by atoms with Crippen LogP contribution in [0.4, 0.5) is 0 Å². The summed E-state index contributed by atoms with van der Waals surface area (Å²) in [7, 11) is 0. The largest absolute Gasteiger partial charge is 0.508 e. The monoisotopic (exact) mass is 398 g/mol. The predicted molar refractivity (Wildman–Crippen MR) is 113 cm³/mol. The fraction of sp³-hybridized carbons (Fsp3) is 0.435. The summed E-state index contributed by atoms with van der Waals surface area (Å²) in [4.78, 5) is 14.7. The molecule has 1 aliphatic rings. The van der Waals surface area contributed by atoms with Crippen LogP contribution in [0.5, 0.6) is 17.2 Å². The average molecular weight is 399 g/mol. The summed E-state index contributed by atoms with van der Waals surface area (Å²) in [6, 6.07) is 9.17. The highest BCUT2D eigenvalue weighted by Gasteiger charge is 2.27. The summed E-state index contributed by atoms with van der Waals surface area (Å²) in [5.41, 5.74) is 2.99. The first-order valence-electron chi connectivity index (χ1n) is 10.1. The molecule has 6 nitrogen and oxygen atoms in total. The van der Waals surface area contributed by atoms with Gasteiger partial charge in [0.25, 0.3) is 5.91 Å². The highest BCUT2D eigenvalue weighted by molar-refractivity contribution is 5.97. The Bertz CT molecular complexity index is 893. The van der Waals surface area contributed by atoms with E-state index in [9.17, 15) is 15.0 Å². The molecule has 0 unspecified atom stereocenters. The standard InChI is InChI=1S/C23H30N2O4/c1-14(2)19-10-20(22(27)11-21(19)26)23(28)25-12-16-5-6-18(9-17(16)13-25)29-8-7-24-15(3)4/h5-6,9-11,14-15,24,26-27H,7-8,12-13H2,1-4H3. The van der Waals surface area contributed by atoms with Crippen molar-refractivity contribution >= 4 is 5.91 Å². The van der Waals surface area contributed by atoms with E-state index >= 15 is 0 Å². The van der Waals surface area contributed by atoms with Crippen molar-refractivity contribution in [2.75, 3.05) is 13.2 Å². The second-order valence-corrected chi connectivity index (χ2v) is 8.13. The maximum Gasteiger partial charge on any atom is 0.258 e. The van der Waals surface area contributed by atoms with Crippen LogP contribution in [0.3, 0.4) is 0 Å². The van der Waals surface area contributed by atoms with Crippen LogP contribution in [-0.2, 0) is 13.1 Å². The van der Waals surface area contributed by atoms with Gasteiger partial charge in [-0.25, -0.2) is 0 Å². The first kappa shape index (κ1) is 21.0. The van der Waals surface area contributed by atoms with Crippen LogP contribution in [0, 0.1) is 0 Å². The Balaban J connectivity index is 1.70. The highest BCUT2D eigenvalue weighted by atomic mass is 16.5. The Morgan fingerprint density at radius 2 is 1.79 bits per heavy atom. The highest BCUT2D eigenvalue weighted by Crippen LogP contribution is 2.34. The van der Waals surface area contributed by atoms with Gasteiger partial charge in [0.15, 0.2) is 0 Å². The topological polar surface area (TPSA) is 82.0 Å². The third-order valence-corrected chi connectivity index (χ3v) is 5.11. The predicted octanol–water partition coefficient (Wildman–Crippen LogP) is 3.75. The lowest BCUT2D eigenvalue weighted by atomic mass is 9.98. The van der Waals surface area contributed by atoms with E-state index in [1.165, 1.54) is 6.07 Å². The minimum Gasteiger partial charge on any atom is -0.508 e. The number of aromatic hydroxyl groups is 2. The molecule has 0 atom stereocenters. The van der Waals surface area contributed by atoms with Gasteiger partial charge in [-0.15, -0.1) is 0 Å². The molecule has 1 aliphatic heterocycles. The Hall–Kier alpha value is -2.73. The molecule has 0 saturated carbocycles. The van der Waals surface area contributed by atoms with Gasteiger partial charge < -0.3 is 25.2 Å². The van der Waals surface area contributed by atoms with Gasteiger partial charge in [-0.1, -0.05) is 33.8 Å². The van der Waals surface area contributed by atoms with Gasteiger partial charge in [-0.05, 0) is 40.8 Å². The number of hydrogen-bond acceptors (Lipinski definition) is 5. The van der Waals surface area contributed by atoms with Crippen LogP contribution >= 0.6 is 0 Å². The number of phenolic OH excluding ortho intramolecular Hbond substituents is 2. The number of nitrogens with zero attached hydrogens (tertiary/aromatic N) is 1. The lowest BCUT2D eigenvalue weighted by Crippen LogP contribution is -2.27. The van der Waals surface area contributed by atoms with Crippen molar-refractivity contribution in [3.05, 3.63) is 52.6 Å². The lowest BCUT2D eigenvalue weighted by molar-refractivity contribution is 0.0748. The van der Waals surface area contributed by atoms with Crippen LogP contribution in [0.15, 0.2) is 30.3 Å². The van der Waals surface area contributed by atoms with Gasteiger partial charge in [-0.2, -0.15) is 0 Å². The zero-order valence-electron chi connectivity index (χ0n) is 17.5. The molecule has 6 heteroatoms. The van der Waals surface area contributed by atoms with E-state index in [1.807, 2.05) is 32.0 Å². The van der Waals surface area contributed by atoms with E-state index < -0.39 is 0 Å². The zero-order valence-corrected chi connectivity index (χ0v) is 17.5. The number of carbonyl (C=O) groups excluding carboxylic acids is 1. The number of benzene rings is 2. The van der Waals surface area contributed by atoms with E-state index in [-0.39, 0.29) is 28.9 Å². The lowest BCUT2D eigenvalue weighted by Gasteiger charge is -2.18. The minimum absolute atomic E-state index is 0.00695. The van der Waals surface area contributed by atoms with Gasteiger partial charge in [-0.3, -0.25) is 4.79 Å². The number of rotatable bonds is 7. The van der Waals surface area contributed by atoms with Crippen LogP contribution in [-0.4, -0.2) is 40.2 Å². The average Bonchev–Trinajstić information content (AvgIpc) is 3.07. The fourth-order valence-corrected chi connectivity index (χ4v) is 3.52. The number of nitrogens with one attached hydrogen (secondary N) is 1. The van der Waals surface area contributed by atoms with Crippen molar-refractivity contribution in [1.82, 2.24) is 10.2 Å². The first-order valence-corrected chi connectivity index (χ1v) is 10.1. The molecule has 156 valence electrons. The molecule has 0 saturated heterocycles. The summed E-state index contributed by atoms with van der Waals surface area (Å²) in [6.07, 6.45) is 0. The summed E-state index contributed by atoms with van der Waals surface area (Å²) in [5, 5.41) is 23.5. The number of carbonyl (C=O) groups is 1. The van der Waals surface area contributed by atoms with Crippen molar-refractivity contribution in [3.8, 4) is 17.2 Å². The molecule has 0 radical (unpaired) electrons. The van der Waals surface area contributed by atoms with Crippen molar-refractivity contribution in [2.24, 2.45) is 0 Å². The molecule has 0 bridgehead atoms. The first-order chi connectivity index (χ1) is 13.8. The van der Waals surface area contributed by atoms with E-state index in [4.69, 9.17) is 4.74 Å². The molecular formula is C23H30N2O4. The third-order valence-electron chi connectivity index (χ3n) is 5.11. The SMILES string of the molecule is CC(C)NCCOc1ccc2c(c1)CN(C(=O)c1cc(C(C)C)c(O)cc1O)C2. The summed E-state index contributed by atoms with van der Waals surface area (Å²) < 4.78 is 5.80. The molecule has 29 heavy (non-hydrogen) atoms. The Labute approximate surface area is 172 Å². The Kier molecular flexibility index (Phi) is 6.33. The quantitative estimate of drug-likeness (QED) is 0.619. The van der Waals surface area contributed by atoms with E-state index in [1.54, 1.807) is 11.0 Å². The number of phenols is 2. The second kappa shape index (κ2) is 8.74.